The van der Waals surface area contributed by atoms with Gasteiger partial charge in [-0.3, -0.25) is 4.90 Å². The second-order valence-electron chi connectivity index (χ2n) is 6.96. The van der Waals surface area contributed by atoms with E-state index in [4.69, 9.17) is 0 Å². The van der Waals surface area contributed by atoms with E-state index in [-0.39, 0.29) is 0 Å². The number of likely N-dealkylation sites (N-methyl/N-ethyl adjacent to an activating group) is 1. The highest BCUT2D eigenvalue weighted by atomic mass is 15.2. The lowest BCUT2D eigenvalue weighted by atomic mass is 9.90. The normalized spacial score (nSPS) is 32.5. The van der Waals surface area contributed by atoms with Crippen molar-refractivity contribution in [3.63, 3.8) is 0 Å². The van der Waals surface area contributed by atoms with Gasteiger partial charge in [-0.15, -0.1) is 0 Å². The molecule has 0 aliphatic carbocycles. The summed E-state index contributed by atoms with van der Waals surface area (Å²) in [5, 5.41) is 0. The average molecular weight is 353 g/mol. The fourth-order valence-electron chi connectivity index (χ4n) is 4.52. The monoisotopic (exact) mass is 352 g/mol. The van der Waals surface area contributed by atoms with Crippen LogP contribution in [0.3, 0.4) is 0 Å². The maximum absolute atomic E-state index is 2.59. The van der Waals surface area contributed by atoms with E-state index in [0.29, 0.717) is 0 Å². The molecule has 0 aromatic carbocycles. The van der Waals surface area contributed by atoms with Gasteiger partial charge < -0.3 is 4.90 Å². The van der Waals surface area contributed by atoms with Crippen molar-refractivity contribution in [1.29, 1.82) is 0 Å². The van der Waals surface area contributed by atoms with E-state index < -0.39 is 0 Å². The van der Waals surface area contributed by atoms with Crippen molar-refractivity contribution < 1.29 is 0 Å². The summed E-state index contributed by atoms with van der Waals surface area (Å²) in [6.45, 7) is 12.0. The quantitative estimate of drug-likeness (QED) is 0.458. The first-order valence-corrected chi connectivity index (χ1v) is 11.4. The van der Waals surface area contributed by atoms with Crippen LogP contribution in [0.5, 0.6) is 0 Å². The van der Waals surface area contributed by atoms with Gasteiger partial charge in [-0.05, 0) is 59.0 Å². The smallest absolute Gasteiger partial charge is 0.0278 e. The molecule has 4 aliphatic rings. The number of hydrogen-bond donors (Lipinski definition) is 0. The molecule has 0 aromatic rings. The Bertz CT molecular complexity index is 310. The molecule has 4 heterocycles. The first-order valence-electron chi connectivity index (χ1n) is 11.4. The van der Waals surface area contributed by atoms with Gasteiger partial charge in [-0.1, -0.05) is 66.5 Å². The molecule has 0 N–H and O–H groups in total. The first-order chi connectivity index (χ1) is 12.3. The molecule has 0 aromatic heterocycles. The van der Waals surface area contributed by atoms with Crippen molar-refractivity contribution in [1.82, 2.24) is 9.80 Å². The topological polar surface area (TPSA) is 6.48 Å². The number of fused-ring (bicyclic) bond motifs is 4. The van der Waals surface area contributed by atoms with Crippen LogP contribution in [-0.2, 0) is 0 Å². The predicted octanol–water partition coefficient (Wildman–Crippen LogP) is 6.51. The van der Waals surface area contributed by atoms with E-state index in [0.717, 1.165) is 24.2 Å². The minimum absolute atomic E-state index is 0.771. The van der Waals surface area contributed by atoms with Gasteiger partial charge in [-0.25, -0.2) is 0 Å². The molecule has 4 unspecified atom stereocenters. The van der Waals surface area contributed by atoms with Crippen LogP contribution in [-0.4, -0.2) is 48.1 Å². The molecule has 3 saturated heterocycles. The molecule has 4 bridgehead atoms. The maximum Gasteiger partial charge on any atom is 0.0278 e. The molecule has 4 aliphatic heterocycles. The van der Waals surface area contributed by atoms with Crippen molar-refractivity contribution in [3.8, 4) is 0 Å². The van der Waals surface area contributed by atoms with Gasteiger partial charge in [-0.2, -0.15) is 0 Å². The van der Waals surface area contributed by atoms with Gasteiger partial charge in [0.25, 0.3) is 0 Å². The summed E-state index contributed by atoms with van der Waals surface area (Å²) in [6, 6.07) is 3.56. The van der Waals surface area contributed by atoms with Crippen LogP contribution in [0.15, 0.2) is 12.2 Å². The summed E-state index contributed by atoms with van der Waals surface area (Å²) in [6.07, 6.45) is 17.6. The SMILES string of the molecule is CC.CC.CC.CN1C2C=CCC1CCC2.CN1C2CCCC1CC2. The minimum Gasteiger partial charge on any atom is -0.300 e. The molecule has 150 valence electrons. The Morgan fingerprint density at radius 2 is 1.08 bits per heavy atom. The Kier molecular flexibility index (Phi) is 14.6. The Balaban J connectivity index is 0.000000357. The van der Waals surface area contributed by atoms with E-state index in [1.165, 1.54) is 57.8 Å². The van der Waals surface area contributed by atoms with Gasteiger partial charge in [0.2, 0.25) is 0 Å². The minimum atomic E-state index is 0.771. The summed E-state index contributed by atoms with van der Waals surface area (Å²) < 4.78 is 0. The van der Waals surface area contributed by atoms with E-state index in [1.54, 1.807) is 0 Å². The summed E-state index contributed by atoms with van der Waals surface area (Å²) in [5.41, 5.74) is 0. The molecule has 0 saturated carbocycles. The van der Waals surface area contributed by atoms with Crippen LogP contribution in [0.2, 0.25) is 0 Å². The van der Waals surface area contributed by atoms with Crippen molar-refractivity contribution in [2.75, 3.05) is 14.1 Å². The molecule has 0 amide bonds. The summed E-state index contributed by atoms with van der Waals surface area (Å²) in [5.74, 6) is 0. The zero-order valence-electron chi connectivity index (χ0n) is 18.7. The zero-order valence-corrected chi connectivity index (χ0v) is 18.7. The van der Waals surface area contributed by atoms with Gasteiger partial charge in [0, 0.05) is 24.2 Å². The van der Waals surface area contributed by atoms with E-state index in [1.807, 2.05) is 41.5 Å². The molecule has 2 nitrogen and oxygen atoms in total. The van der Waals surface area contributed by atoms with Gasteiger partial charge in [0.1, 0.15) is 0 Å². The van der Waals surface area contributed by atoms with Crippen LogP contribution >= 0.6 is 0 Å². The second kappa shape index (κ2) is 14.8. The standard InChI is InChI=1S/C9H15N.C8H15N.3C2H6/c1-10-8-4-2-5-9(10)7-3-6-8;1-9-7-3-2-4-8(9)6-5-7;3*1-2/h2,4,8-9H,3,5-7H2,1H3;7-8H,2-6H2,1H3;3*1-2H3. The first kappa shape index (κ1) is 24.7. The highest BCUT2D eigenvalue weighted by molar-refractivity contribution is 5.04. The highest BCUT2D eigenvalue weighted by Crippen LogP contribution is 2.33. The van der Waals surface area contributed by atoms with Gasteiger partial charge >= 0.3 is 0 Å². The van der Waals surface area contributed by atoms with Crippen LogP contribution in [0.25, 0.3) is 0 Å². The average Bonchev–Trinajstić information content (AvgIpc) is 2.87. The third kappa shape index (κ3) is 7.43. The van der Waals surface area contributed by atoms with Crippen molar-refractivity contribution in [3.05, 3.63) is 12.2 Å². The van der Waals surface area contributed by atoms with Crippen molar-refractivity contribution in [2.45, 2.75) is 123 Å². The third-order valence-corrected chi connectivity index (χ3v) is 5.96. The fraction of sp³-hybridized carbons (Fsp3) is 0.913. The van der Waals surface area contributed by atoms with Crippen molar-refractivity contribution in [2.24, 2.45) is 0 Å². The third-order valence-electron chi connectivity index (χ3n) is 5.96. The van der Waals surface area contributed by atoms with Crippen LogP contribution in [0.1, 0.15) is 99.3 Å². The van der Waals surface area contributed by atoms with Gasteiger partial charge in [0.05, 0.1) is 0 Å². The van der Waals surface area contributed by atoms with E-state index in [9.17, 15) is 0 Å². The fourth-order valence-corrected chi connectivity index (χ4v) is 4.52. The molecule has 25 heavy (non-hydrogen) atoms. The summed E-state index contributed by atoms with van der Waals surface area (Å²) in [4.78, 5) is 5.12. The number of hydrogen-bond acceptors (Lipinski definition) is 2. The lowest BCUT2D eigenvalue weighted by molar-refractivity contribution is 0.134. The number of piperidine rings is 2. The van der Waals surface area contributed by atoms with E-state index >= 15 is 0 Å². The van der Waals surface area contributed by atoms with E-state index in [2.05, 4.69) is 36.0 Å². The molecule has 0 spiro atoms. The number of rotatable bonds is 0. The molecule has 4 rings (SSSR count). The second-order valence-corrected chi connectivity index (χ2v) is 6.96. The Hall–Kier alpha value is -0.340. The highest BCUT2D eigenvalue weighted by Gasteiger charge is 2.33. The van der Waals surface area contributed by atoms with Crippen LogP contribution < -0.4 is 0 Å². The Labute approximate surface area is 160 Å². The Morgan fingerprint density at radius 1 is 0.600 bits per heavy atom. The molecule has 0 radical (unpaired) electrons. The molecular weight excluding hydrogens is 304 g/mol. The van der Waals surface area contributed by atoms with Crippen molar-refractivity contribution >= 4 is 0 Å². The van der Waals surface area contributed by atoms with Gasteiger partial charge in [0.15, 0.2) is 0 Å². The maximum atomic E-state index is 2.59. The van der Waals surface area contributed by atoms with Crippen LogP contribution in [0.4, 0.5) is 0 Å². The summed E-state index contributed by atoms with van der Waals surface area (Å²) in [7, 11) is 4.56. The summed E-state index contributed by atoms with van der Waals surface area (Å²) >= 11 is 0. The lowest BCUT2D eigenvalue weighted by Crippen LogP contribution is -2.44. The molecule has 3 fully saturated rings. The molecular formula is C23H48N2. The lowest BCUT2D eigenvalue weighted by Gasteiger charge is -2.40. The van der Waals surface area contributed by atoms with Crippen LogP contribution in [0, 0.1) is 0 Å². The Morgan fingerprint density at radius 3 is 1.52 bits per heavy atom. The largest absolute Gasteiger partial charge is 0.300 e. The number of nitrogens with zero attached hydrogens (tertiary/aromatic N) is 2. The molecule has 2 heteroatoms. The zero-order chi connectivity index (χ0) is 19.2. The predicted molar refractivity (Wildman–Crippen MR) is 115 cm³/mol. The molecule has 4 atom stereocenters.